The second kappa shape index (κ2) is 14.0. The number of nitrogens with zero attached hydrogens (tertiary/aromatic N) is 2. The minimum absolute atomic E-state index is 0.0948. The molecule has 0 spiro atoms. The number of carbonyl (C=O) groups excluding carboxylic acids is 2. The summed E-state index contributed by atoms with van der Waals surface area (Å²) in [5, 5.41) is 3.56. The molecule has 0 aliphatic rings. The van der Waals surface area contributed by atoms with Crippen LogP contribution in [-0.4, -0.2) is 50.0 Å². The number of anilines is 1. The van der Waals surface area contributed by atoms with Gasteiger partial charge >= 0.3 is 0 Å². The third-order valence-corrected chi connectivity index (χ3v) is 8.20. The Hall–Kier alpha value is -2.88. The second-order valence-corrected chi connectivity index (χ2v) is 12.7. The van der Waals surface area contributed by atoms with E-state index in [0.29, 0.717) is 15.2 Å². The maximum absolute atomic E-state index is 14.0. The van der Waals surface area contributed by atoms with Crippen LogP contribution < -0.4 is 9.62 Å². The van der Waals surface area contributed by atoms with Gasteiger partial charge in [0.2, 0.25) is 21.8 Å². The van der Waals surface area contributed by atoms with Crippen molar-refractivity contribution in [2.75, 3.05) is 17.1 Å². The van der Waals surface area contributed by atoms with Gasteiger partial charge in [0, 0.05) is 28.5 Å². The topological polar surface area (TPSA) is 86.8 Å². The van der Waals surface area contributed by atoms with Crippen molar-refractivity contribution in [1.82, 2.24) is 10.2 Å². The van der Waals surface area contributed by atoms with Crippen LogP contribution in [0.3, 0.4) is 0 Å². The number of hydrogen-bond acceptors (Lipinski definition) is 4. The Kier molecular flexibility index (Phi) is 11.0. The van der Waals surface area contributed by atoms with Gasteiger partial charge < -0.3 is 10.2 Å². The molecule has 39 heavy (non-hydrogen) atoms. The molecule has 3 aromatic rings. The zero-order valence-electron chi connectivity index (χ0n) is 22.2. The van der Waals surface area contributed by atoms with E-state index in [1.165, 1.54) is 4.90 Å². The largest absolute Gasteiger partial charge is 0.352 e. The Balaban J connectivity index is 2.05. The third-order valence-electron chi connectivity index (χ3n) is 6.31. The van der Waals surface area contributed by atoms with E-state index in [4.69, 9.17) is 11.6 Å². The molecule has 0 aliphatic heterocycles. The fourth-order valence-electron chi connectivity index (χ4n) is 4.03. The average molecular weight is 635 g/mol. The van der Waals surface area contributed by atoms with Crippen molar-refractivity contribution in [2.45, 2.75) is 45.3 Å². The molecular weight excluding hydrogens is 602 g/mol. The Morgan fingerprint density at radius 2 is 1.64 bits per heavy atom. The summed E-state index contributed by atoms with van der Waals surface area (Å²) in [4.78, 5) is 29.1. The van der Waals surface area contributed by atoms with Crippen LogP contribution in [0.5, 0.6) is 0 Å². The number of amides is 2. The first kappa shape index (κ1) is 30.7. The summed E-state index contributed by atoms with van der Waals surface area (Å²) in [6.45, 7) is 3.50. The number of halogens is 2. The standard InChI is InChI=1S/C29H33BrClN3O4S/c1-4-21(2)32-29(36)27(17-22-9-6-5-7-10-22)33(19-23-13-15-25(31)16-14-23)28(35)20-34(39(3,37)38)26-12-8-11-24(30)18-26/h5-16,18,21,27H,4,17,19-20H2,1-3H3,(H,32,36)/t21-,27-/m1/s1. The number of rotatable bonds is 12. The SMILES string of the molecule is CC[C@@H](C)NC(=O)[C@@H](Cc1ccccc1)N(Cc1ccc(Cl)cc1)C(=O)CN(c1cccc(Br)c1)S(C)(=O)=O. The molecule has 10 heteroatoms. The van der Waals surface area contributed by atoms with Gasteiger partial charge in [0.15, 0.2) is 0 Å². The maximum Gasteiger partial charge on any atom is 0.244 e. The van der Waals surface area contributed by atoms with Gasteiger partial charge in [-0.05, 0) is 54.8 Å². The molecule has 0 unspecified atom stereocenters. The molecule has 7 nitrogen and oxygen atoms in total. The predicted molar refractivity (Wildman–Crippen MR) is 160 cm³/mol. The molecule has 2 atom stereocenters. The van der Waals surface area contributed by atoms with E-state index in [2.05, 4.69) is 21.2 Å². The zero-order chi connectivity index (χ0) is 28.6. The van der Waals surface area contributed by atoms with Gasteiger partial charge in [-0.15, -0.1) is 0 Å². The number of sulfonamides is 1. The highest BCUT2D eigenvalue weighted by Gasteiger charge is 2.33. The minimum Gasteiger partial charge on any atom is -0.352 e. The summed E-state index contributed by atoms with van der Waals surface area (Å²) in [6, 6.07) is 22.2. The van der Waals surface area contributed by atoms with Crippen molar-refractivity contribution < 1.29 is 18.0 Å². The molecule has 0 aromatic heterocycles. The summed E-state index contributed by atoms with van der Waals surface area (Å²) in [5.74, 6) is -0.806. The van der Waals surface area contributed by atoms with Gasteiger partial charge in [0.1, 0.15) is 12.6 Å². The number of nitrogens with one attached hydrogen (secondary N) is 1. The molecular formula is C29H33BrClN3O4S. The van der Waals surface area contributed by atoms with Crippen LogP contribution in [0.4, 0.5) is 5.69 Å². The van der Waals surface area contributed by atoms with Crippen LogP contribution in [0.25, 0.3) is 0 Å². The number of hydrogen-bond donors (Lipinski definition) is 1. The van der Waals surface area contributed by atoms with E-state index in [1.54, 1.807) is 48.5 Å². The van der Waals surface area contributed by atoms with Gasteiger partial charge in [-0.25, -0.2) is 8.42 Å². The van der Waals surface area contributed by atoms with E-state index in [1.807, 2.05) is 44.2 Å². The fourth-order valence-corrected chi connectivity index (χ4v) is 5.38. The van der Waals surface area contributed by atoms with Gasteiger partial charge in [0.05, 0.1) is 11.9 Å². The van der Waals surface area contributed by atoms with Crippen LogP contribution in [0.2, 0.25) is 5.02 Å². The van der Waals surface area contributed by atoms with Crippen molar-refractivity contribution in [3.63, 3.8) is 0 Å². The van der Waals surface area contributed by atoms with Gasteiger partial charge in [-0.3, -0.25) is 13.9 Å². The second-order valence-electron chi connectivity index (χ2n) is 9.42. The van der Waals surface area contributed by atoms with Gasteiger partial charge in [-0.2, -0.15) is 0 Å². The van der Waals surface area contributed by atoms with E-state index < -0.39 is 28.5 Å². The lowest BCUT2D eigenvalue weighted by atomic mass is 10.0. The highest BCUT2D eigenvalue weighted by molar-refractivity contribution is 9.10. The van der Waals surface area contributed by atoms with E-state index >= 15 is 0 Å². The first-order chi connectivity index (χ1) is 18.5. The van der Waals surface area contributed by atoms with Crippen LogP contribution in [-0.2, 0) is 32.6 Å². The first-order valence-corrected chi connectivity index (χ1v) is 15.6. The lowest BCUT2D eigenvalue weighted by molar-refractivity contribution is -0.140. The van der Waals surface area contributed by atoms with Crippen molar-refractivity contribution >= 4 is 55.1 Å². The van der Waals surface area contributed by atoms with E-state index in [-0.39, 0.29) is 24.9 Å². The predicted octanol–water partition coefficient (Wildman–Crippen LogP) is 5.42. The summed E-state index contributed by atoms with van der Waals surface area (Å²) in [6.07, 6.45) is 2.04. The normalized spacial score (nSPS) is 12.8. The molecule has 0 bridgehead atoms. The molecule has 3 rings (SSSR count). The zero-order valence-corrected chi connectivity index (χ0v) is 25.3. The first-order valence-electron chi connectivity index (χ1n) is 12.6. The van der Waals surface area contributed by atoms with Crippen LogP contribution in [0.15, 0.2) is 83.3 Å². The average Bonchev–Trinajstić information content (AvgIpc) is 2.90. The Labute approximate surface area is 244 Å². The van der Waals surface area contributed by atoms with Crippen molar-refractivity contribution in [1.29, 1.82) is 0 Å². The lowest BCUT2D eigenvalue weighted by Crippen LogP contribution is -2.54. The molecule has 0 heterocycles. The summed E-state index contributed by atoms with van der Waals surface area (Å²) >= 11 is 9.45. The molecule has 0 saturated carbocycles. The van der Waals surface area contributed by atoms with E-state index in [0.717, 1.165) is 28.1 Å². The Morgan fingerprint density at radius 1 is 0.974 bits per heavy atom. The summed E-state index contributed by atoms with van der Waals surface area (Å²) in [7, 11) is -3.82. The maximum atomic E-state index is 14.0. The fraction of sp³-hybridized carbons (Fsp3) is 0.310. The van der Waals surface area contributed by atoms with Gasteiger partial charge in [0.25, 0.3) is 0 Å². The quantitative estimate of drug-likeness (QED) is 0.288. The minimum atomic E-state index is -3.82. The number of carbonyl (C=O) groups is 2. The lowest BCUT2D eigenvalue weighted by Gasteiger charge is -2.34. The monoisotopic (exact) mass is 633 g/mol. The molecule has 0 saturated heterocycles. The third kappa shape index (κ3) is 9.08. The van der Waals surface area contributed by atoms with Gasteiger partial charge in [-0.1, -0.05) is 83.0 Å². The summed E-state index contributed by atoms with van der Waals surface area (Å²) in [5.41, 5.74) is 1.98. The van der Waals surface area contributed by atoms with Crippen LogP contribution >= 0.6 is 27.5 Å². The molecule has 0 aliphatic carbocycles. The summed E-state index contributed by atoms with van der Waals surface area (Å²) < 4.78 is 27.4. The molecule has 0 radical (unpaired) electrons. The molecule has 0 fully saturated rings. The van der Waals surface area contributed by atoms with Crippen molar-refractivity contribution in [3.05, 3.63) is 99.5 Å². The highest BCUT2D eigenvalue weighted by Crippen LogP contribution is 2.24. The van der Waals surface area contributed by atoms with Crippen molar-refractivity contribution in [2.24, 2.45) is 0 Å². The molecule has 3 aromatic carbocycles. The number of benzene rings is 3. The Morgan fingerprint density at radius 3 is 2.23 bits per heavy atom. The smallest absolute Gasteiger partial charge is 0.244 e. The molecule has 2 amide bonds. The van der Waals surface area contributed by atoms with Crippen LogP contribution in [0.1, 0.15) is 31.4 Å². The Bertz CT molecular complexity index is 1370. The molecule has 1 N–H and O–H groups in total. The van der Waals surface area contributed by atoms with Crippen LogP contribution in [0, 0.1) is 0 Å². The molecule has 208 valence electrons. The van der Waals surface area contributed by atoms with E-state index in [9.17, 15) is 18.0 Å². The van der Waals surface area contributed by atoms with Crippen molar-refractivity contribution in [3.8, 4) is 0 Å². The highest BCUT2D eigenvalue weighted by atomic mass is 79.9.